The van der Waals surface area contributed by atoms with Crippen molar-refractivity contribution < 1.29 is 28.5 Å². The molecule has 2 N–H and O–H groups in total. The first kappa shape index (κ1) is 34.8. The summed E-state index contributed by atoms with van der Waals surface area (Å²) in [5.74, 6) is -0.102. The van der Waals surface area contributed by atoms with E-state index in [-0.39, 0.29) is 11.2 Å². The van der Waals surface area contributed by atoms with E-state index in [1.54, 1.807) is 12.1 Å². The standard InChI is InChI=1S/C38H50FN3O5/c1-25-32(35(36(43)44)47-37(2,3)4)34(42-18-16-38(5,6)17-19-42)33(31(41-25)24-45-23-27-21-40-22-27)28-9-13-30(14-10-28)46-20-15-26-7-11-29(39)12-8-26/h7-14,27,35,40H,15-24H2,1-6H3,(H,43,44)/t35-/m0/s1. The van der Waals surface area contributed by atoms with E-state index in [9.17, 15) is 14.3 Å². The zero-order chi connectivity index (χ0) is 33.8. The average Bonchev–Trinajstić information content (AvgIpc) is 2.98. The molecule has 0 aliphatic carbocycles. The van der Waals surface area contributed by atoms with Crippen molar-refractivity contribution in [3.05, 3.63) is 76.9 Å². The van der Waals surface area contributed by atoms with E-state index in [2.05, 4.69) is 24.1 Å². The van der Waals surface area contributed by atoms with Crippen LogP contribution in [-0.2, 0) is 27.3 Å². The zero-order valence-electron chi connectivity index (χ0n) is 28.7. The van der Waals surface area contributed by atoms with Gasteiger partial charge in [-0.3, -0.25) is 4.98 Å². The first-order valence-corrected chi connectivity index (χ1v) is 16.7. The molecule has 3 heterocycles. The normalized spacial score (nSPS) is 17.3. The molecule has 3 aromatic rings. The minimum absolute atomic E-state index is 0.197. The highest BCUT2D eigenvalue weighted by Gasteiger charge is 2.37. The number of pyridine rings is 1. The van der Waals surface area contributed by atoms with Crippen molar-refractivity contribution >= 4 is 11.7 Å². The van der Waals surface area contributed by atoms with Gasteiger partial charge in [-0.15, -0.1) is 0 Å². The monoisotopic (exact) mass is 647 g/mol. The summed E-state index contributed by atoms with van der Waals surface area (Å²) in [7, 11) is 0. The van der Waals surface area contributed by atoms with Gasteiger partial charge in [0.15, 0.2) is 6.10 Å². The molecule has 2 aliphatic rings. The van der Waals surface area contributed by atoms with E-state index in [0.717, 1.165) is 67.1 Å². The van der Waals surface area contributed by atoms with Crippen molar-refractivity contribution in [2.75, 3.05) is 44.3 Å². The second-order valence-corrected chi connectivity index (χ2v) is 14.7. The highest BCUT2D eigenvalue weighted by Crippen LogP contribution is 2.45. The van der Waals surface area contributed by atoms with Crippen molar-refractivity contribution in [3.63, 3.8) is 0 Å². The summed E-state index contributed by atoms with van der Waals surface area (Å²) >= 11 is 0. The minimum atomic E-state index is -1.20. The molecule has 1 atom stereocenters. The highest BCUT2D eigenvalue weighted by atomic mass is 19.1. The van der Waals surface area contributed by atoms with Gasteiger partial charge in [-0.05, 0) is 81.3 Å². The minimum Gasteiger partial charge on any atom is -0.493 e. The number of hydrogen-bond acceptors (Lipinski definition) is 7. The summed E-state index contributed by atoms with van der Waals surface area (Å²) in [4.78, 5) is 20.3. The van der Waals surface area contributed by atoms with Crippen molar-refractivity contribution in [1.29, 1.82) is 0 Å². The zero-order valence-corrected chi connectivity index (χ0v) is 28.7. The summed E-state index contributed by atoms with van der Waals surface area (Å²) in [6.45, 7) is 17.0. The van der Waals surface area contributed by atoms with E-state index < -0.39 is 17.7 Å². The Morgan fingerprint density at radius 2 is 1.74 bits per heavy atom. The predicted octanol–water partition coefficient (Wildman–Crippen LogP) is 7.12. The lowest BCUT2D eigenvalue weighted by Crippen LogP contribution is -2.44. The van der Waals surface area contributed by atoms with Crippen molar-refractivity contribution in [2.45, 2.75) is 79.1 Å². The Hall–Kier alpha value is -3.53. The van der Waals surface area contributed by atoms with Crippen LogP contribution in [0.5, 0.6) is 5.75 Å². The smallest absolute Gasteiger partial charge is 0.337 e. The molecule has 0 radical (unpaired) electrons. The molecule has 8 nitrogen and oxygen atoms in total. The molecule has 0 spiro atoms. The van der Waals surface area contributed by atoms with Gasteiger partial charge >= 0.3 is 5.97 Å². The summed E-state index contributed by atoms with van der Waals surface area (Å²) in [6, 6.07) is 14.4. The number of carboxylic acids is 1. The summed E-state index contributed by atoms with van der Waals surface area (Å²) in [6.07, 6.45) is 1.42. The molecule has 254 valence electrons. The maximum atomic E-state index is 13.3. The number of aliphatic carboxylic acids is 1. The molecule has 1 aromatic heterocycles. The lowest BCUT2D eigenvalue weighted by molar-refractivity contribution is -0.160. The van der Waals surface area contributed by atoms with Crippen molar-refractivity contribution in [2.24, 2.45) is 11.3 Å². The molecule has 9 heteroatoms. The fourth-order valence-corrected chi connectivity index (χ4v) is 6.18. The molecule has 0 bridgehead atoms. The number of piperidine rings is 1. The molecule has 0 saturated carbocycles. The number of carboxylic acid groups (broad SMARTS) is 1. The van der Waals surface area contributed by atoms with Crippen LogP contribution in [0.25, 0.3) is 11.1 Å². The van der Waals surface area contributed by atoms with Gasteiger partial charge in [-0.2, -0.15) is 0 Å². The number of aryl methyl sites for hydroxylation is 1. The molecular weight excluding hydrogens is 597 g/mol. The first-order chi connectivity index (χ1) is 22.3. The predicted molar refractivity (Wildman–Crippen MR) is 182 cm³/mol. The van der Waals surface area contributed by atoms with Crippen molar-refractivity contribution in [1.82, 2.24) is 10.3 Å². The van der Waals surface area contributed by atoms with E-state index in [4.69, 9.17) is 19.2 Å². The fraction of sp³-hybridized carbons (Fsp3) is 0.526. The molecule has 2 aromatic carbocycles. The third kappa shape index (κ3) is 9.09. The number of hydrogen-bond donors (Lipinski definition) is 2. The van der Waals surface area contributed by atoms with E-state index in [1.807, 2.05) is 52.0 Å². The highest BCUT2D eigenvalue weighted by molar-refractivity contribution is 5.88. The van der Waals surface area contributed by atoms with Crippen LogP contribution < -0.4 is 15.0 Å². The van der Waals surface area contributed by atoms with Gasteiger partial charge in [-0.1, -0.05) is 38.1 Å². The van der Waals surface area contributed by atoms with Crippen LogP contribution in [0, 0.1) is 24.1 Å². The topological polar surface area (TPSA) is 93.1 Å². The average molecular weight is 648 g/mol. The SMILES string of the molecule is Cc1nc(COCC2CNC2)c(-c2ccc(OCCc3ccc(F)cc3)cc2)c(N2CCC(C)(C)CC2)c1[C@H](OC(C)(C)C)C(=O)O. The van der Waals surface area contributed by atoms with Gasteiger partial charge in [-0.25, -0.2) is 9.18 Å². The van der Waals surface area contributed by atoms with Gasteiger partial charge in [0.1, 0.15) is 11.6 Å². The van der Waals surface area contributed by atoms with Gasteiger partial charge in [0.05, 0.1) is 36.8 Å². The molecule has 2 fully saturated rings. The Labute approximate surface area is 278 Å². The lowest BCUT2D eigenvalue weighted by Gasteiger charge is -2.41. The Kier molecular flexibility index (Phi) is 10.9. The third-order valence-electron chi connectivity index (χ3n) is 9.04. The Morgan fingerprint density at radius 3 is 2.32 bits per heavy atom. The second-order valence-electron chi connectivity index (χ2n) is 14.7. The van der Waals surface area contributed by atoms with Crippen LogP contribution in [0.2, 0.25) is 0 Å². The number of nitrogens with one attached hydrogen (secondary N) is 1. The van der Waals surface area contributed by atoms with Crippen LogP contribution in [0.15, 0.2) is 48.5 Å². The number of benzene rings is 2. The van der Waals surface area contributed by atoms with Crippen LogP contribution in [-0.4, -0.2) is 61.1 Å². The number of carbonyl (C=O) groups is 1. The summed E-state index contributed by atoms with van der Waals surface area (Å²) in [5, 5.41) is 13.9. The molecule has 0 amide bonds. The molecule has 2 saturated heterocycles. The van der Waals surface area contributed by atoms with Crippen LogP contribution >= 0.6 is 0 Å². The van der Waals surface area contributed by atoms with Crippen molar-refractivity contribution in [3.8, 4) is 16.9 Å². The molecule has 47 heavy (non-hydrogen) atoms. The number of rotatable bonds is 13. The fourth-order valence-electron chi connectivity index (χ4n) is 6.18. The quantitative estimate of drug-likeness (QED) is 0.203. The largest absolute Gasteiger partial charge is 0.493 e. The molecule has 2 aliphatic heterocycles. The first-order valence-electron chi connectivity index (χ1n) is 16.7. The molecular formula is C38H50FN3O5. The van der Waals surface area contributed by atoms with Gasteiger partial charge in [0.25, 0.3) is 0 Å². The van der Waals surface area contributed by atoms with Crippen LogP contribution in [0.1, 0.15) is 76.1 Å². The maximum Gasteiger partial charge on any atom is 0.337 e. The summed E-state index contributed by atoms with van der Waals surface area (Å²) < 4.78 is 31.9. The number of aromatic nitrogens is 1. The number of halogens is 1. The van der Waals surface area contributed by atoms with E-state index in [0.29, 0.717) is 49.2 Å². The molecule has 0 unspecified atom stereocenters. The number of ether oxygens (including phenoxy) is 3. The van der Waals surface area contributed by atoms with Crippen LogP contribution in [0.4, 0.5) is 10.1 Å². The van der Waals surface area contributed by atoms with Gasteiger partial charge in [0, 0.05) is 55.3 Å². The maximum absolute atomic E-state index is 13.3. The van der Waals surface area contributed by atoms with E-state index >= 15 is 0 Å². The second kappa shape index (κ2) is 14.7. The third-order valence-corrected chi connectivity index (χ3v) is 9.04. The van der Waals surface area contributed by atoms with E-state index in [1.165, 1.54) is 12.1 Å². The number of nitrogens with zero attached hydrogens (tertiary/aromatic N) is 2. The Morgan fingerprint density at radius 1 is 1.09 bits per heavy atom. The van der Waals surface area contributed by atoms with Gasteiger partial charge in [0.2, 0.25) is 0 Å². The lowest BCUT2D eigenvalue weighted by atomic mass is 9.81. The van der Waals surface area contributed by atoms with Gasteiger partial charge < -0.3 is 29.5 Å². The number of anilines is 1. The van der Waals surface area contributed by atoms with Crippen LogP contribution in [0.3, 0.4) is 0 Å². The Bertz CT molecular complexity index is 1500. The Balaban J connectivity index is 1.55. The molecule has 5 rings (SSSR count). The summed E-state index contributed by atoms with van der Waals surface area (Å²) in [5.41, 5.74) is 5.16.